The zero-order valence-corrected chi connectivity index (χ0v) is 9.59. The van der Waals surface area contributed by atoms with Crippen molar-refractivity contribution in [3.05, 3.63) is 0 Å². The number of hydrogen-bond acceptors (Lipinski definition) is 2. The quantitative estimate of drug-likeness (QED) is 0.572. The van der Waals surface area contributed by atoms with Crippen molar-refractivity contribution >= 4 is 5.90 Å². The van der Waals surface area contributed by atoms with Crippen molar-refractivity contribution in [2.75, 3.05) is 6.54 Å². The third kappa shape index (κ3) is 4.12. The zero-order chi connectivity index (χ0) is 10.2. The van der Waals surface area contributed by atoms with Gasteiger partial charge in [-0.05, 0) is 12.8 Å². The van der Waals surface area contributed by atoms with Gasteiger partial charge in [0.1, 0.15) is 6.10 Å². The van der Waals surface area contributed by atoms with Gasteiger partial charge in [0.05, 0.1) is 6.54 Å². The average molecular weight is 197 g/mol. The Labute approximate surface area is 87.8 Å². The largest absolute Gasteiger partial charge is 0.476 e. The Morgan fingerprint density at radius 2 is 2.00 bits per heavy atom. The van der Waals surface area contributed by atoms with Crippen molar-refractivity contribution in [2.24, 2.45) is 4.99 Å². The zero-order valence-electron chi connectivity index (χ0n) is 9.59. The van der Waals surface area contributed by atoms with Crippen molar-refractivity contribution in [3.8, 4) is 0 Å². The van der Waals surface area contributed by atoms with Crippen molar-refractivity contribution in [1.82, 2.24) is 0 Å². The van der Waals surface area contributed by atoms with Crippen LogP contribution >= 0.6 is 0 Å². The molecular formula is C12H23NO. The van der Waals surface area contributed by atoms with Crippen molar-refractivity contribution < 1.29 is 4.74 Å². The summed E-state index contributed by atoms with van der Waals surface area (Å²) in [6.45, 7) is 5.29. The Morgan fingerprint density at radius 3 is 2.64 bits per heavy atom. The number of rotatable bonds is 7. The molecule has 1 aliphatic heterocycles. The molecule has 0 N–H and O–H groups in total. The highest BCUT2D eigenvalue weighted by Gasteiger charge is 2.16. The van der Waals surface area contributed by atoms with E-state index in [0.29, 0.717) is 6.10 Å². The Balaban J connectivity index is 1.97. The van der Waals surface area contributed by atoms with Gasteiger partial charge in [0.2, 0.25) is 0 Å². The van der Waals surface area contributed by atoms with E-state index in [1.807, 2.05) is 0 Å². The highest BCUT2D eigenvalue weighted by Crippen LogP contribution is 2.13. The molecule has 82 valence electrons. The third-order valence-corrected chi connectivity index (χ3v) is 2.72. The molecule has 0 fully saturated rings. The minimum absolute atomic E-state index is 0.376. The predicted molar refractivity (Wildman–Crippen MR) is 60.8 cm³/mol. The first kappa shape index (κ1) is 11.5. The lowest BCUT2D eigenvalue weighted by Crippen LogP contribution is -2.11. The van der Waals surface area contributed by atoms with Crippen LogP contribution in [0.4, 0.5) is 0 Å². The molecule has 0 bridgehead atoms. The second kappa shape index (κ2) is 6.86. The number of aliphatic imine (C=N–C) groups is 1. The molecule has 0 spiro atoms. The monoisotopic (exact) mass is 197 g/mol. The summed E-state index contributed by atoms with van der Waals surface area (Å²) in [5.74, 6) is 1.01. The van der Waals surface area contributed by atoms with E-state index in [1.54, 1.807) is 0 Å². The van der Waals surface area contributed by atoms with Gasteiger partial charge >= 0.3 is 0 Å². The van der Waals surface area contributed by atoms with E-state index in [4.69, 9.17) is 4.74 Å². The van der Waals surface area contributed by atoms with E-state index in [9.17, 15) is 0 Å². The molecule has 0 aliphatic carbocycles. The van der Waals surface area contributed by atoms with Crippen LogP contribution in [0.3, 0.4) is 0 Å². The molecule has 1 rings (SSSR count). The lowest BCUT2D eigenvalue weighted by Gasteiger charge is -2.07. The summed E-state index contributed by atoms with van der Waals surface area (Å²) in [7, 11) is 0. The molecule has 1 heterocycles. The molecule has 0 amide bonds. The lowest BCUT2D eigenvalue weighted by molar-refractivity contribution is 0.213. The Kier molecular flexibility index (Phi) is 5.65. The molecule has 0 aromatic carbocycles. The van der Waals surface area contributed by atoms with Gasteiger partial charge in [-0.3, -0.25) is 4.99 Å². The van der Waals surface area contributed by atoms with Crippen LogP contribution in [-0.4, -0.2) is 18.5 Å². The van der Waals surface area contributed by atoms with Gasteiger partial charge in [-0.1, -0.05) is 39.5 Å². The Bertz CT molecular complexity index is 177. The molecule has 1 atom stereocenters. The van der Waals surface area contributed by atoms with Gasteiger partial charge < -0.3 is 4.74 Å². The van der Waals surface area contributed by atoms with E-state index < -0.39 is 0 Å². The fourth-order valence-corrected chi connectivity index (χ4v) is 1.70. The van der Waals surface area contributed by atoms with Gasteiger partial charge in [-0.25, -0.2) is 0 Å². The number of hydrogen-bond donors (Lipinski definition) is 0. The molecule has 0 aromatic rings. The van der Waals surface area contributed by atoms with Crippen LogP contribution in [0.15, 0.2) is 4.99 Å². The van der Waals surface area contributed by atoms with Crippen LogP contribution in [0.25, 0.3) is 0 Å². The first-order chi connectivity index (χ1) is 6.86. The molecule has 1 aliphatic rings. The maximum absolute atomic E-state index is 5.67. The van der Waals surface area contributed by atoms with Crippen molar-refractivity contribution in [3.63, 3.8) is 0 Å². The molecular weight excluding hydrogens is 174 g/mol. The summed E-state index contributed by atoms with van der Waals surface area (Å²) < 4.78 is 5.67. The predicted octanol–water partition coefficient (Wildman–Crippen LogP) is 3.55. The smallest absolute Gasteiger partial charge is 0.183 e. The fraction of sp³-hybridized carbons (Fsp3) is 0.917. The minimum Gasteiger partial charge on any atom is -0.476 e. The summed E-state index contributed by atoms with van der Waals surface area (Å²) in [5.41, 5.74) is 0. The first-order valence-corrected chi connectivity index (χ1v) is 6.06. The molecule has 2 nitrogen and oxygen atoms in total. The lowest BCUT2D eigenvalue weighted by atomic mass is 10.1. The molecule has 1 unspecified atom stereocenters. The van der Waals surface area contributed by atoms with Gasteiger partial charge in [-0.15, -0.1) is 0 Å². The van der Waals surface area contributed by atoms with Crippen molar-refractivity contribution in [2.45, 2.75) is 64.9 Å². The van der Waals surface area contributed by atoms with Gasteiger partial charge in [0.25, 0.3) is 0 Å². The molecule has 0 saturated heterocycles. The normalized spacial score (nSPS) is 20.7. The van der Waals surface area contributed by atoms with Crippen molar-refractivity contribution in [1.29, 1.82) is 0 Å². The molecule has 0 aromatic heterocycles. The van der Waals surface area contributed by atoms with E-state index in [1.165, 1.54) is 32.1 Å². The summed E-state index contributed by atoms with van der Waals surface area (Å²) in [6, 6.07) is 0. The average Bonchev–Trinajstić information content (AvgIpc) is 2.65. The highest BCUT2D eigenvalue weighted by atomic mass is 16.5. The van der Waals surface area contributed by atoms with E-state index >= 15 is 0 Å². The Hall–Kier alpha value is -0.530. The van der Waals surface area contributed by atoms with Crippen LogP contribution in [0.2, 0.25) is 0 Å². The van der Waals surface area contributed by atoms with E-state index in [-0.39, 0.29) is 0 Å². The topological polar surface area (TPSA) is 21.6 Å². The SMILES string of the molecule is CCCCCCCC1=NCC(CC)O1. The van der Waals surface area contributed by atoms with Crippen LogP contribution in [0.5, 0.6) is 0 Å². The summed E-state index contributed by atoms with van der Waals surface area (Å²) >= 11 is 0. The second-order valence-corrected chi connectivity index (χ2v) is 4.05. The van der Waals surface area contributed by atoms with Crippen LogP contribution in [0.1, 0.15) is 58.8 Å². The maximum atomic E-state index is 5.67. The second-order valence-electron chi connectivity index (χ2n) is 4.05. The molecule has 0 radical (unpaired) electrons. The van der Waals surface area contributed by atoms with Crippen LogP contribution in [-0.2, 0) is 4.74 Å². The first-order valence-electron chi connectivity index (χ1n) is 6.06. The van der Waals surface area contributed by atoms with E-state index in [0.717, 1.165) is 25.3 Å². The number of unbranched alkanes of at least 4 members (excludes halogenated alkanes) is 4. The number of nitrogens with zero attached hydrogens (tertiary/aromatic N) is 1. The summed E-state index contributed by atoms with van der Waals surface area (Å²) in [4.78, 5) is 4.40. The summed E-state index contributed by atoms with van der Waals surface area (Å²) in [6.07, 6.45) is 9.13. The standard InChI is InChI=1S/C12H23NO/c1-3-5-6-7-8-9-12-13-10-11(4-2)14-12/h11H,3-10H2,1-2H3. The van der Waals surface area contributed by atoms with Crippen LogP contribution < -0.4 is 0 Å². The van der Waals surface area contributed by atoms with Gasteiger partial charge in [0, 0.05) is 6.42 Å². The third-order valence-electron chi connectivity index (χ3n) is 2.72. The highest BCUT2D eigenvalue weighted by molar-refractivity contribution is 5.77. The molecule has 0 saturated carbocycles. The minimum atomic E-state index is 0.376. The molecule has 2 heteroatoms. The number of ether oxygens (including phenoxy) is 1. The fourth-order valence-electron chi connectivity index (χ4n) is 1.70. The maximum Gasteiger partial charge on any atom is 0.183 e. The van der Waals surface area contributed by atoms with Gasteiger partial charge in [0.15, 0.2) is 5.90 Å². The summed E-state index contributed by atoms with van der Waals surface area (Å²) in [5, 5.41) is 0. The van der Waals surface area contributed by atoms with Crippen LogP contribution in [0, 0.1) is 0 Å². The van der Waals surface area contributed by atoms with Gasteiger partial charge in [-0.2, -0.15) is 0 Å². The van der Waals surface area contributed by atoms with E-state index in [2.05, 4.69) is 18.8 Å². The molecule has 14 heavy (non-hydrogen) atoms. The Morgan fingerprint density at radius 1 is 1.21 bits per heavy atom.